The van der Waals surface area contributed by atoms with Crippen molar-refractivity contribution in [2.45, 2.75) is 38.6 Å². The normalized spacial score (nSPS) is 21.5. The third-order valence-electron chi connectivity index (χ3n) is 6.42. The molecule has 0 heterocycles. The van der Waals surface area contributed by atoms with Gasteiger partial charge >= 0.3 is 5.97 Å². The molecule has 2 aromatic carbocycles. The standard InChI is InChI=1S/C25H28N2O4/c28-23(16-31-24(29)14-20-13-18-10-11-19(20)12-18)27-22-9-5-4-8-21(22)25(30)26-15-17-6-2-1-3-7-17/h1-9,18-20H,10-16H2,(H,26,30)(H,27,28)/t18-,19-,20+/m1/s1. The van der Waals surface area contributed by atoms with E-state index < -0.39 is 5.91 Å². The molecule has 2 saturated carbocycles. The van der Waals surface area contributed by atoms with E-state index in [4.69, 9.17) is 4.74 Å². The van der Waals surface area contributed by atoms with Crippen LogP contribution < -0.4 is 10.6 Å². The van der Waals surface area contributed by atoms with Crippen LogP contribution in [0.5, 0.6) is 0 Å². The number of amides is 2. The van der Waals surface area contributed by atoms with Crippen molar-refractivity contribution in [3.05, 3.63) is 65.7 Å². The number of benzene rings is 2. The van der Waals surface area contributed by atoms with Crippen molar-refractivity contribution in [3.63, 3.8) is 0 Å². The molecule has 2 aromatic rings. The van der Waals surface area contributed by atoms with Gasteiger partial charge in [0.15, 0.2) is 6.61 Å². The molecule has 0 unspecified atom stereocenters. The summed E-state index contributed by atoms with van der Waals surface area (Å²) in [5, 5.41) is 5.55. The van der Waals surface area contributed by atoms with Crippen LogP contribution in [0.1, 0.15) is 48.0 Å². The molecule has 2 aliphatic rings. The maximum absolute atomic E-state index is 12.6. The molecule has 3 atom stereocenters. The maximum Gasteiger partial charge on any atom is 0.306 e. The minimum atomic E-state index is -0.454. The number of hydrogen-bond donors (Lipinski definition) is 2. The van der Waals surface area contributed by atoms with E-state index in [1.165, 1.54) is 19.3 Å². The highest BCUT2D eigenvalue weighted by atomic mass is 16.5. The summed E-state index contributed by atoms with van der Waals surface area (Å²) in [6.07, 6.45) is 5.25. The molecule has 31 heavy (non-hydrogen) atoms. The van der Waals surface area contributed by atoms with Crippen LogP contribution in [-0.4, -0.2) is 24.4 Å². The third-order valence-corrected chi connectivity index (χ3v) is 6.42. The van der Waals surface area contributed by atoms with Crippen LogP contribution in [0.3, 0.4) is 0 Å². The van der Waals surface area contributed by atoms with E-state index in [1.54, 1.807) is 24.3 Å². The summed E-state index contributed by atoms with van der Waals surface area (Å²) < 4.78 is 5.20. The van der Waals surface area contributed by atoms with E-state index in [0.717, 1.165) is 17.9 Å². The summed E-state index contributed by atoms with van der Waals surface area (Å²) in [4.78, 5) is 37.1. The lowest BCUT2D eigenvalue weighted by molar-refractivity contribution is -0.148. The molecular formula is C25H28N2O4. The van der Waals surface area contributed by atoms with E-state index >= 15 is 0 Å². The Morgan fingerprint density at radius 2 is 1.71 bits per heavy atom. The van der Waals surface area contributed by atoms with Crippen LogP contribution >= 0.6 is 0 Å². The Morgan fingerprint density at radius 1 is 0.935 bits per heavy atom. The zero-order chi connectivity index (χ0) is 21.6. The average molecular weight is 421 g/mol. The van der Waals surface area contributed by atoms with Gasteiger partial charge in [-0.3, -0.25) is 14.4 Å². The summed E-state index contributed by atoms with van der Waals surface area (Å²) in [7, 11) is 0. The van der Waals surface area contributed by atoms with E-state index in [-0.39, 0.29) is 18.5 Å². The van der Waals surface area contributed by atoms with Crippen LogP contribution in [-0.2, 0) is 20.9 Å². The second-order valence-corrected chi connectivity index (χ2v) is 8.56. The zero-order valence-electron chi connectivity index (χ0n) is 17.5. The van der Waals surface area contributed by atoms with Crippen molar-refractivity contribution in [1.82, 2.24) is 5.32 Å². The molecule has 2 fully saturated rings. The number of para-hydroxylation sites is 1. The van der Waals surface area contributed by atoms with Gasteiger partial charge in [-0.1, -0.05) is 48.9 Å². The fraction of sp³-hybridized carbons (Fsp3) is 0.400. The van der Waals surface area contributed by atoms with Gasteiger partial charge < -0.3 is 15.4 Å². The van der Waals surface area contributed by atoms with Crippen molar-refractivity contribution in [3.8, 4) is 0 Å². The first kappa shape index (κ1) is 21.1. The second kappa shape index (κ2) is 9.77. The number of carbonyl (C=O) groups is 3. The van der Waals surface area contributed by atoms with Crippen molar-refractivity contribution in [2.24, 2.45) is 17.8 Å². The van der Waals surface area contributed by atoms with Gasteiger partial charge in [-0.25, -0.2) is 0 Å². The van der Waals surface area contributed by atoms with Gasteiger partial charge in [0, 0.05) is 13.0 Å². The largest absolute Gasteiger partial charge is 0.456 e. The first-order valence-electron chi connectivity index (χ1n) is 10.9. The predicted molar refractivity (Wildman–Crippen MR) is 117 cm³/mol. The molecule has 0 aromatic heterocycles. The van der Waals surface area contributed by atoms with Crippen molar-refractivity contribution in [2.75, 3.05) is 11.9 Å². The van der Waals surface area contributed by atoms with Gasteiger partial charge in [-0.2, -0.15) is 0 Å². The minimum Gasteiger partial charge on any atom is -0.456 e. The van der Waals surface area contributed by atoms with Crippen molar-refractivity contribution < 1.29 is 19.1 Å². The minimum absolute atomic E-state index is 0.284. The molecule has 2 aliphatic carbocycles. The Kier molecular flexibility index (Phi) is 6.65. The molecule has 0 spiro atoms. The molecule has 0 aliphatic heterocycles. The van der Waals surface area contributed by atoms with Crippen LogP contribution in [0.15, 0.2) is 54.6 Å². The number of anilines is 1. The van der Waals surface area contributed by atoms with Crippen LogP contribution in [0, 0.1) is 17.8 Å². The molecule has 0 saturated heterocycles. The molecular weight excluding hydrogens is 392 g/mol. The average Bonchev–Trinajstić information content (AvgIpc) is 3.40. The van der Waals surface area contributed by atoms with E-state index in [0.29, 0.717) is 36.1 Å². The maximum atomic E-state index is 12.6. The fourth-order valence-electron chi connectivity index (χ4n) is 4.90. The SMILES string of the molecule is O=C(COC(=O)C[C@@H]1C[C@@H]2CC[C@@H]1C2)Nc1ccccc1C(=O)NCc1ccccc1. The Labute approximate surface area is 182 Å². The number of carbonyl (C=O) groups excluding carboxylic acids is 3. The van der Waals surface area contributed by atoms with Crippen molar-refractivity contribution >= 4 is 23.5 Å². The molecule has 6 nitrogen and oxygen atoms in total. The van der Waals surface area contributed by atoms with E-state index in [1.807, 2.05) is 30.3 Å². The lowest BCUT2D eigenvalue weighted by Crippen LogP contribution is -2.26. The lowest BCUT2D eigenvalue weighted by Gasteiger charge is -2.20. The Balaban J connectivity index is 1.26. The van der Waals surface area contributed by atoms with Gasteiger partial charge in [-0.15, -0.1) is 0 Å². The number of hydrogen-bond acceptors (Lipinski definition) is 4. The summed E-state index contributed by atoms with van der Waals surface area (Å²) in [5.41, 5.74) is 1.74. The molecule has 2 N–H and O–H groups in total. The number of rotatable bonds is 8. The van der Waals surface area contributed by atoms with Crippen LogP contribution in [0.2, 0.25) is 0 Å². The monoisotopic (exact) mass is 420 g/mol. The summed E-state index contributed by atoms with van der Waals surface area (Å²) >= 11 is 0. The summed E-state index contributed by atoms with van der Waals surface area (Å²) in [6.45, 7) is 0.0439. The molecule has 6 heteroatoms. The molecule has 2 amide bonds. The van der Waals surface area contributed by atoms with E-state index in [2.05, 4.69) is 10.6 Å². The first-order chi connectivity index (χ1) is 15.1. The Bertz CT molecular complexity index is 944. The van der Waals surface area contributed by atoms with Gasteiger partial charge in [0.1, 0.15) is 0 Å². The van der Waals surface area contributed by atoms with Gasteiger partial charge in [0.2, 0.25) is 0 Å². The second-order valence-electron chi connectivity index (χ2n) is 8.56. The highest BCUT2D eigenvalue weighted by Crippen LogP contribution is 2.49. The third kappa shape index (κ3) is 5.51. The number of fused-ring (bicyclic) bond motifs is 2. The Morgan fingerprint density at radius 3 is 2.45 bits per heavy atom. The topological polar surface area (TPSA) is 84.5 Å². The molecule has 2 bridgehead atoms. The van der Waals surface area contributed by atoms with Crippen LogP contribution in [0.4, 0.5) is 5.69 Å². The smallest absolute Gasteiger partial charge is 0.306 e. The first-order valence-corrected chi connectivity index (χ1v) is 10.9. The van der Waals surface area contributed by atoms with Crippen molar-refractivity contribution in [1.29, 1.82) is 0 Å². The Hall–Kier alpha value is -3.15. The number of esters is 1. The molecule has 0 radical (unpaired) electrons. The summed E-state index contributed by atoms with van der Waals surface area (Å²) in [6, 6.07) is 16.4. The summed E-state index contributed by atoms with van der Waals surface area (Å²) in [5.74, 6) is 0.769. The van der Waals surface area contributed by atoms with Crippen LogP contribution in [0.25, 0.3) is 0 Å². The van der Waals surface area contributed by atoms with E-state index in [9.17, 15) is 14.4 Å². The number of nitrogens with one attached hydrogen (secondary N) is 2. The lowest BCUT2D eigenvalue weighted by atomic mass is 9.86. The fourth-order valence-corrected chi connectivity index (χ4v) is 4.90. The molecule has 4 rings (SSSR count). The predicted octanol–water partition coefficient (Wildman–Crippen LogP) is 3.92. The molecule has 162 valence electrons. The van der Waals surface area contributed by atoms with Gasteiger partial charge in [0.25, 0.3) is 11.8 Å². The zero-order valence-corrected chi connectivity index (χ0v) is 17.5. The quantitative estimate of drug-likeness (QED) is 0.634. The van der Waals surface area contributed by atoms with Gasteiger partial charge in [0.05, 0.1) is 11.3 Å². The number of ether oxygens (including phenoxy) is 1. The highest BCUT2D eigenvalue weighted by molar-refractivity contribution is 6.04. The highest BCUT2D eigenvalue weighted by Gasteiger charge is 2.40. The van der Waals surface area contributed by atoms with Gasteiger partial charge in [-0.05, 0) is 54.7 Å².